The fraction of sp³-hybridized carbons (Fsp3) is 0.571. The van der Waals surface area contributed by atoms with E-state index in [2.05, 4.69) is 37.4 Å². The van der Waals surface area contributed by atoms with Gasteiger partial charge in [-0.1, -0.05) is 13.0 Å². The molecule has 0 saturated heterocycles. The van der Waals surface area contributed by atoms with Crippen molar-refractivity contribution in [3.8, 4) is 5.75 Å². The van der Waals surface area contributed by atoms with E-state index in [-0.39, 0.29) is 0 Å². The Hall–Kier alpha value is -1.18. The third kappa shape index (κ3) is 1.66. The highest BCUT2D eigenvalue weighted by Crippen LogP contribution is 2.38. The van der Waals surface area contributed by atoms with E-state index in [0.717, 1.165) is 11.7 Å². The summed E-state index contributed by atoms with van der Waals surface area (Å²) in [6.45, 7) is 4.45. The van der Waals surface area contributed by atoms with Crippen LogP contribution in [0.5, 0.6) is 5.75 Å². The summed E-state index contributed by atoms with van der Waals surface area (Å²) in [5, 5.41) is 3.63. The summed E-state index contributed by atoms with van der Waals surface area (Å²) in [4.78, 5) is 0. The molecule has 1 heterocycles. The largest absolute Gasteiger partial charge is 0.486 e. The Labute approximate surface area is 97.0 Å². The minimum atomic E-state index is 0.380. The Kier molecular flexibility index (Phi) is 2.31. The molecule has 3 unspecified atom stereocenters. The summed E-state index contributed by atoms with van der Waals surface area (Å²) in [7, 11) is 0. The summed E-state index contributed by atoms with van der Waals surface area (Å²) in [6, 6.07) is 6.93. The maximum absolute atomic E-state index is 6.10. The zero-order valence-corrected chi connectivity index (χ0v) is 9.99. The highest BCUT2D eigenvalue weighted by Gasteiger charge is 2.34. The lowest BCUT2D eigenvalue weighted by molar-refractivity contribution is 0.112. The van der Waals surface area contributed by atoms with Crippen LogP contribution in [0.2, 0.25) is 0 Å². The molecule has 0 spiro atoms. The van der Waals surface area contributed by atoms with Gasteiger partial charge in [-0.3, -0.25) is 0 Å². The molecule has 1 aliphatic carbocycles. The van der Waals surface area contributed by atoms with E-state index in [1.807, 2.05) is 0 Å². The van der Waals surface area contributed by atoms with Crippen LogP contribution in [0, 0.1) is 12.8 Å². The maximum atomic E-state index is 6.10. The Morgan fingerprint density at radius 1 is 1.31 bits per heavy atom. The number of anilines is 1. The van der Waals surface area contributed by atoms with Gasteiger partial charge in [-0.2, -0.15) is 0 Å². The van der Waals surface area contributed by atoms with Gasteiger partial charge >= 0.3 is 0 Å². The second-order valence-electron chi connectivity index (χ2n) is 5.32. The number of nitrogens with one attached hydrogen (secondary N) is 1. The summed E-state index contributed by atoms with van der Waals surface area (Å²) in [5.74, 6) is 1.86. The minimum absolute atomic E-state index is 0.380. The van der Waals surface area contributed by atoms with Crippen molar-refractivity contribution < 1.29 is 4.74 Å². The predicted octanol–water partition coefficient (Wildman–Crippen LogP) is 3.36. The molecule has 1 saturated carbocycles. The van der Waals surface area contributed by atoms with E-state index in [0.29, 0.717) is 12.1 Å². The van der Waals surface area contributed by atoms with Gasteiger partial charge in [0, 0.05) is 0 Å². The van der Waals surface area contributed by atoms with Gasteiger partial charge in [0.2, 0.25) is 0 Å². The summed E-state index contributed by atoms with van der Waals surface area (Å²) in [6.07, 6.45) is 4.10. The molecule has 0 bridgehead atoms. The molecule has 2 nitrogen and oxygen atoms in total. The van der Waals surface area contributed by atoms with Gasteiger partial charge in [-0.05, 0) is 49.8 Å². The smallest absolute Gasteiger partial charge is 0.143 e. The van der Waals surface area contributed by atoms with Gasteiger partial charge in [0.1, 0.15) is 11.9 Å². The van der Waals surface area contributed by atoms with E-state index in [9.17, 15) is 0 Å². The van der Waals surface area contributed by atoms with Crippen LogP contribution < -0.4 is 10.1 Å². The first-order valence-electron chi connectivity index (χ1n) is 6.26. The molecule has 1 N–H and O–H groups in total. The monoisotopic (exact) mass is 217 g/mol. The van der Waals surface area contributed by atoms with Crippen LogP contribution in [-0.4, -0.2) is 12.1 Å². The fourth-order valence-electron chi connectivity index (χ4n) is 2.86. The Balaban J connectivity index is 1.88. The molecule has 1 aliphatic heterocycles. The highest BCUT2D eigenvalue weighted by atomic mass is 16.5. The van der Waals surface area contributed by atoms with Crippen LogP contribution >= 0.6 is 0 Å². The van der Waals surface area contributed by atoms with E-state index in [1.165, 1.54) is 30.5 Å². The van der Waals surface area contributed by atoms with Crippen LogP contribution in [0.25, 0.3) is 0 Å². The van der Waals surface area contributed by atoms with Gasteiger partial charge in [-0.25, -0.2) is 0 Å². The van der Waals surface area contributed by atoms with E-state index in [1.54, 1.807) is 0 Å². The second-order valence-corrected chi connectivity index (χ2v) is 5.32. The molecular formula is C14H19NO. The molecule has 2 aliphatic rings. The van der Waals surface area contributed by atoms with Crippen LogP contribution in [0.4, 0.5) is 5.69 Å². The molecule has 0 aromatic heterocycles. The van der Waals surface area contributed by atoms with Crippen LogP contribution in [0.1, 0.15) is 31.7 Å². The quantitative estimate of drug-likeness (QED) is 0.719. The van der Waals surface area contributed by atoms with E-state index in [4.69, 9.17) is 4.74 Å². The molecule has 0 amide bonds. The molecule has 3 rings (SSSR count). The Morgan fingerprint density at radius 2 is 2.19 bits per heavy atom. The minimum Gasteiger partial charge on any atom is -0.486 e. The molecular weight excluding hydrogens is 198 g/mol. The normalized spacial score (nSPS) is 32.0. The van der Waals surface area contributed by atoms with Crippen LogP contribution in [0.15, 0.2) is 18.2 Å². The topological polar surface area (TPSA) is 21.3 Å². The number of ether oxygens (including phenoxy) is 1. The Bertz CT molecular complexity index is 402. The van der Waals surface area contributed by atoms with Crippen molar-refractivity contribution in [1.82, 2.24) is 0 Å². The molecule has 3 atom stereocenters. The van der Waals surface area contributed by atoms with Crippen molar-refractivity contribution in [2.45, 2.75) is 45.3 Å². The summed E-state index contributed by atoms with van der Waals surface area (Å²) < 4.78 is 6.10. The lowest BCUT2D eigenvalue weighted by Gasteiger charge is -2.40. The second kappa shape index (κ2) is 3.69. The van der Waals surface area contributed by atoms with E-state index < -0.39 is 0 Å². The van der Waals surface area contributed by atoms with Crippen molar-refractivity contribution in [2.24, 2.45) is 5.92 Å². The average Bonchev–Trinajstić information content (AvgIpc) is 2.26. The lowest BCUT2D eigenvalue weighted by atomic mass is 9.84. The molecule has 1 aromatic carbocycles. The third-order valence-electron chi connectivity index (χ3n) is 3.81. The van der Waals surface area contributed by atoms with Gasteiger partial charge < -0.3 is 10.1 Å². The molecule has 86 valence electrons. The molecule has 0 radical (unpaired) electrons. The number of hydrogen-bond acceptors (Lipinski definition) is 2. The zero-order chi connectivity index (χ0) is 11.1. The predicted molar refractivity (Wildman–Crippen MR) is 66.0 cm³/mol. The van der Waals surface area contributed by atoms with Crippen LogP contribution in [0.3, 0.4) is 0 Å². The third-order valence-corrected chi connectivity index (χ3v) is 3.81. The average molecular weight is 217 g/mol. The Morgan fingerprint density at radius 3 is 3.06 bits per heavy atom. The fourth-order valence-corrected chi connectivity index (χ4v) is 2.86. The standard InChI is InChI=1S/C14H19NO/c1-9-4-6-13-12(7-9)15-11-5-3-10(2)8-14(11)16-13/h3,5,8-9,12-13,15H,4,6-7H2,1-2H3. The van der Waals surface area contributed by atoms with Crippen molar-refractivity contribution in [3.63, 3.8) is 0 Å². The van der Waals surface area contributed by atoms with Crippen LogP contribution in [-0.2, 0) is 0 Å². The lowest BCUT2D eigenvalue weighted by Crippen LogP contribution is -2.45. The highest BCUT2D eigenvalue weighted by molar-refractivity contribution is 5.60. The number of hydrogen-bond donors (Lipinski definition) is 1. The van der Waals surface area contributed by atoms with Gasteiger partial charge in [0.05, 0.1) is 11.7 Å². The first-order chi connectivity index (χ1) is 7.72. The van der Waals surface area contributed by atoms with Crippen molar-refractivity contribution in [2.75, 3.05) is 5.32 Å². The van der Waals surface area contributed by atoms with Crippen molar-refractivity contribution in [3.05, 3.63) is 23.8 Å². The van der Waals surface area contributed by atoms with Gasteiger partial charge in [0.25, 0.3) is 0 Å². The maximum Gasteiger partial charge on any atom is 0.143 e. The van der Waals surface area contributed by atoms with Gasteiger partial charge in [0.15, 0.2) is 0 Å². The first kappa shape index (κ1) is 10.0. The molecule has 16 heavy (non-hydrogen) atoms. The number of fused-ring (bicyclic) bond motifs is 2. The van der Waals surface area contributed by atoms with Crippen molar-refractivity contribution in [1.29, 1.82) is 0 Å². The molecule has 1 fully saturated rings. The van der Waals surface area contributed by atoms with Gasteiger partial charge in [-0.15, -0.1) is 0 Å². The SMILES string of the molecule is Cc1ccc2c(c1)OC1CCC(C)CC1N2. The molecule has 2 heteroatoms. The van der Waals surface area contributed by atoms with E-state index >= 15 is 0 Å². The zero-order valence-electron chi connectivity index (χ0n) is 9.99. The molecule has 1 aromatic rings. The van der Waals surface area contributed by atoms with Crippen molar-refractivity contribution >= 4 is 5.69 Å². The summed E-state index contributed by atoms with van der Waals surface area (Å²) >= 11 is 0. The summed E-state index contributed by atoms with van der Waals surface area (Å²) in [5.41, 5.74) is 2.43. The number of aryl methyl sites for hydroxylation is 1. The first-order valence-corrected chi connectivity index (χ1v) is 6.26. The number of rotatable bonds is 0. The number of benzene rings is 1.